The summed E-state index contributed by atoms with van der Waals surface area (Å²) in [6.45, 7) is 6.78. The Labute approximate surface area is 129 Å². The summed E-state index contributed by atoms with van der Waals surface area (Å²) in [4.78, 5) is 11.3. The summed E-state index contributed by atoms with van der Waals surface area (Å²) in [5, 5.41) is 4.07. The summed E-state index contributed by atoms with van der Waals surface area (Å²) in [5.41, 5.74) is 0.454. The molecule has 0 amide bonds. The monoisotopic (exact) mass is 305 g/mol. The molecule has 0 atom stereocenters. The Morgan fingerprint density at radius 1 is 1.29 bits per heavy atom. The molecule has 1 N–H and O–H groups in total. The van der Waals surface area contributed by atoms with Crippen molar-refractivity contribution >= 4 is 27.5 Å². The average molecular weight is 305 g/mol. The first-order chi connectivity index (χ1) is 9.97. The Bertz CT molecular complexity index is 640. The minimum atomic E-state index is 0.279. The molecule has 1 aliphatic rings. The SMILES string of the molecule is CNc1nc(OC2CCC(C)(C)CC2)c2cc(C)sc2n1. The van der Waals surface area contributed by atoms with Gasteiger partial charge >= 0.3 is 0 Å². The van der Waals surface area contributed by atoms with E-state index >= 15 is 0 Å². The van der Waals surface area contributed by atoms with Gasteiger partial charge in [0.1, 0.15) is 10.9 Å². The molecule has 1 fully saturated rings. The number of rotatable bonds is 3. The Balaban J connectivity index is 1.86. The van der Waals surface area contributed by atoms with Crippen LogP contribution < -0.4 is 10.1 Å². The Hall–Kier alpha value is -1.36. The maximum Gasteiger partial charge on any atom is 0.227 e. The summed E-state index contributed by atoms with van der Waals surface area (Å²) < 4.78 is 6.23. The fourth-order valence-electron chi connectivity index (χ4n) is 2.87. The number of nitrogens with zero attached hydrogens (tertiary/aromatic N) is 2. The maximum absolute atomic E-state index is 6.23. The molecular formula is C16H23N3OS. The number of aromatic nitrogens is 2. The maximum atomic E-state index is 6.23. The largest absolute Gasteiger partial charge is 0.474 e. The van der Waals surface area contributed by atoms with Gasteiger partial charge in [0.25, 0.3) is 0 Å². The summed E-state index contributed by atoms with van der Waals surface area (Å²) in [6, 6.07) is 2.13. The van der Waals surface area contributed by atoms with Crippen molar-refractivity contribution in [2.75, 3.05) is 12.4 Å². The van der Waals surface area contributed by atoms with Crippen molar-refractivity contribution < 1.29 is 4.74 Å². The van der Waals surface area contributed by atoms with Crippen LogP contribution in [0.1, 0.15) is 44.4 Å². The van der Waals surface area contributed by atoms with Crippen molar-refractivity contribution in [1.29, 1.82) is 0 Å². The van der Waals surface area contributed by atoms with E-state index in [0.29, 0.717) is 11.4 Å². The van der Waals surface area contributed by atoms with Crippen LogP contribution in [-0.4, -0.2) is 23.1 Å². The van der Waals surface area contributed by atoms with Crippen LogP contribution in [0.2, 0.25) is 0 Å². The van der Waals surface area contributed by atoms with Gasteiger partial charge in [-0.25, -0.2) is 4.98 Å². The lowest BCUT2D eigenvalue weighted by Crippen LogP contribution is -2.28. The third-order valence-corrected chi connectivity index (χ3v) is 5.21. The quantitative estimate of drug-likeness (QED) is 0.913. The number of aryl methyl sites for hydroxylation is 1. The highest BCUT2D eigenvalue weighted by molar-refractivity contribution is 7.18. The molecular weight excluding hydrogens is 282 g/mol. The summed E-state index contributed by atoms with van der Waals surface area (Å²) in [7, 11) is 1.84. The smallest absolute Gasteiger partial charge is 0.227 e. The number of hydrogen-bond donors (Lipinski definition) is 1. The van der Waals surface area contributed by atoms with Gasteiger partial charge in [0, 0.05) is 11.9 Å². The van der Waals surface area contributed by atoms with Crippen LogP contribution in [-0.2, 0) is 0 Å². The van der Waals surface area contributed by atoms with Gasteiger partial charge in [-0.2, -0.15) is 4.98 Å². The summed E-state index contributed by atoms with van der Waals surface area (Å²) >= 11 is 1.69. The molecule has 3 rings (SSSR count). The predicted octanol–water partition coefficient (Wildman–Crippen LogP) is 4.39. The third-order valence-electron chi connectivity index (χ3n) is 4.27. The molecule has 0 saturated heterocycles. The van der Waals surface area contributed by atoms with Gasteiger partial charge in [0.05, 0.1) is 5.39 Å². The van der Waals surface area contributed by atoms with E-state index in [0.717, 1.165) is 28.9 Å². The lowest BCUT2D eigenvalue weighted by atomic mass is 9.76. The van der Waals surface area contributed by atoms with E-state index in [1.165, 1.54) is 17.7 Å². The molecule has 114 valence electrons. The van der Waals surface area contributed by atoms with E-state index in [2.05, 4.69) is 42.1 Å². The first-order valence-corrected chi connectivity index (χ1v) is 8.41. The van der Waals surface area contributed by atoms with Gasteiger partial charge in [-0.15, -0.1) is 11.3 Å². The normalized spacial score (nSPS) is 18.9. The molecule has 2 aromatic heterocycles. The molecule has 1 aliphatic carbocycles. The van der Waals surface area contributed by atoms with E-state index in [1.807, 2.05) is 7.05 Å². The highest BCUT2D eigenvalue weighted by Crippen LogP contribution is 2.38. The molecule has 0 aromatic carbocycles. The minimum absolute atomic E-state index is 0.279. The van der Waals surface area contributed by atoms with Crippen molar-refractivity contribution in [3.05, 3.63) is 10.9 Å². The predicted molar refractivity (Wildman–Crippen MR) is 88.4 cm³/mol. The number of thiophene rings is 1. The molecule has 5 heteroatoms. The molecule has 21 heavy (non-hydrogen) atoms. The lowest BCUT2D eigenvalue weighted by Gasteiger charge is -2.34. The zero-order valence-corrected chi connectivity index (χ0v) is 14.0. The minimum Gasteiger partial charge on any atom is -0.474 e. The van der Waals surface area contributed by atoms with Crippen LogP contribution in [0.4, 0.5) is 5.95 Å². The third kappa shape index (κ3) is 3.12. The molecule has 0 aliphatic heterocycles. The second-order valence-corrected chi connectivity index (χ2v) is 7.89. The second-order valence-electron chi connectivity index (χ2n) is 6.66. The summed E-state index contributed by atoms with van der Waals surface area (Å²) in [5.74, 6) is 1.37. The lowest BCUT2D eigenvalue weighted by molar-refractivity contribution is 0.0964. The number of anilines is 1. The Morgan fingerprint density at radius 2 is 2.00 bits per heavy atom. The Kier molecular flexibility index (Phi) is 3.78. The van der Waals surface area contributed by atoms with Crippen LogP contribution in [0.25, 0.3) is 10.2 Å². The van der Waals surface area contributed by atoms with Crippen molar-refractivity contribution in [1.82, 2.24) is 9.97 Å². The standard InChI is InChI=1S/C16H23N3OS/c1-10-9-12-13(18-15(17-4)19-14(12)21-10)20-11-5-7-16(2,3)8-6-11/h9,11H,5-8H2,1-4H3,(H,17,18,19). The van der Waals surface area contributed by atoms with Gasteiger partial charge in [0.2, 0.25) is 11.8 Å². The van der Waals surface area contributed by atoms with E-state index < -0.39 is 0 Å². The molecule has 4 nitrogen and oxygen atoms in total. The average Bonchev–Trinajstić information content (AvgIpc) is 2.81. The van der Waals surface area contributed by atoms with Crippen LogP contribution in [0.5, 0.6) is 5.88 Å². The molecule has 0 unspecified atom stereocenters. The summed E-state index contributed by atoms with van der Waals surface area (Å²) in [6.07, 6.45) is 4.93. The molecule has 1 saturated carbocycles. The molecule has 2 aromatic rings. The first kappa shape index (κ1) is 14.6. The zero-order chi connectivity index (χ0) is 15.0. The van der Waals surface area contributed by atoms with Crippen LogP contribution >= 0.6 is 11.3 Å². The molecule has 2 heterocycles. The topological polar surface area (TPSA) is 47.0 Å². The van der Waals surface area contributed by atoms with Gasteiger partial charge in [-0.3, -0.25) is 0 Å². The Morgan fingerprint density at radius 3 is 2.67 bits per heavy atom. The van der Waals surface area contributed by atoms with Crippen molar-refractivity contribution in [3.63, 3.8) is 0 Å². The van der Waals surface area contributed by atoms with Gasteiger partial charge in [-0.1, -0.05) is 13.8 Å². The molecule has 0 spiro atoms. The van der Waals surface area contributed by atoms with Crippen molar-refractivity contribution in [2.45, 2.75) is 52.6 Å². The number of fused-ring (bicyclic) bond motifs is 1. The van der Waals surface area contributed by atoms with Crippen LogP contribution in [0.3, 0.4) is 0 Å². The van der Waals surface area contributed by atoms with E-state index in [4.69, 9.17) is 4.74 Å². The van der Waals surface area contributed by atoms with Gasteiger partial charge in [-0.05, 0) is 44.1 Å². The zero-order valence-electron chi connectivity index (χ0n) is 13.2. The first-order valence-electron chi connectivity index (χ1n) is 7.59. The number of nitrogens with one attached hydrogen (secondary N) is 1. The fourth-order valence-corrected chi connectivity index (χ4v) is 3.74. The van der Waals surface area contributed by atoms with Crippen molar-refractivity contribution in [3.8, 4) is 5.88 Å². The van der Waals surface area contributed by atoms with Crippen LogP contribution in [0, 0.1) is 12.3 Å². The highest BCUT2D eigenvalue weighted by atomic mass is 32.1. The number of ether oxygens (including phenoxy) is 1. The van der Waals surface area contributed by atoms with Gasteiger partial charge < -0.3 is 10.1 Å². The van der Waals surface area contributed by atoms with E-state index in [9.17, 15) is 0 Å². The second kappa shape index (κ2) is 5.44. The number of hydrogen-bond acceptors (Lipinski definition) is 5. The van der Waals surface area contributed by atoms with Gasteiger partial charge in [0.15, 0.2) is 0 Å². The molecule has 0 radical (unpaired) electrons. The van der Waals surface area contributed by atoms with E-state index in [1.54, 1.807) is 11.3 Å². The van der Waals surface area contributed by atoms with E-state index in [-0.39, 0.29) is 6.10 Å². The molecule has 0 bridgehead atoms. The highest BCUT2D eigenvalue weighted by Gasteiger charge is 2.28. The van der Waals surface area contributed by atoms with Crippen molar-refractivity contribution in [2.24, 2.45) is 5.41 Å². The fraction of sp³-hybridized carbons (Fsp3) is 0.625. The van der Waals surface area contributed by atoms with Crippen LogP contribution in [0.15, 0.2) is 6.07 Å².